The summed E-state index contributed by atoms with van der Waals surface area (Å²) < 4.78 is 39.7. The molecule has 1 N–H and O–H groups in total. The van der Waals surface area contributed by atoms with Gasteiger partial charge in [-0.1, -0.05) is 0 Å². The molecule has 0 aromatic rings. The van der Waals surface area contributed by atoms with Crippen molar-refractivity contribution in [1.82, 2.24) is 10.2 Å². The van der Waals surface area contributed by atoms with Crippen molar-refractivity contribution < 1.29 is 18.0 Å². The molecule has 1 aliphatic heterocycles. The summed E-state index contributed by atoms with van der Waals surface area (Å²) in [6.07, 6.45) is -2.62. The molecule has 18 heavy (non-hydrogen) atoms. The Morgan fingerprint density at radius 3 is 2.44 bits per heavy atom. The molecule has 0 spiro atoms. The molecule has 2 atom stereocenters. The molecular formula is C12H19F3N2O. The Morgan fingerprint density at radius 2 is 2.06 bits per heavy atom. The molecule has 104 valence electrons. The first-order chi connectivity index (χ1) is 8.29. The molecule has 1 heterocycles. The van der Waals surface area contributed by atoms with E-state index in [0.29, 0.717) is 5.92 Å². The van der Waals surface area contributed by atoms with Crippen LogP contribution in [0.2, 0.25) is 0 Å². The predicted octanol–water partition coefficient (Wildman–Crippen LogP) is 1.79. The fraction of sp³-hybridized carbons (Fsp3) is 0.917. The first-order valence-corrected chi connectivity index (χ1v) is 6.34. The van der Waals surface area contributed by atoms with Gasteiger partial charge < -0.3 is 10.2 Å². The minimum Gasteiger partial charge on any atom is -0.342 e. The van der Waals surface area contributed by atoms with Gasteiger partial charge in [-0.3, -0.25) is 4.79 Å². The number of carbonyl (C=O) groups excluding carboxylic acids is 1. The van der Waals surface area contributed by atoms with Crippen molar-refractivity contribution in [2.24, 2.45) is 11.3 Å². The van der Waals surface area contributed by atoms with Gasteiger partial charge >= 0.3 is 6.18 Å². The van der Waals surface area contributed by atoms with Crippen LogP contribution in [0.5, 0.6) is 0 Å². The van der Waals surface area contributed by atoms with E-state index in [9.17, 15) is 18.0 Å². The van der Waals surface area contributed by atoms with E-state index in [1.54, 1.807) is 0 Å². The number of rotatable bonds is 3. The van der Waals surface area contributed by atoms with Crippen molar-refractivity contribution in [3.05, 3.63) is 0 Å². The lowest BCUT2D eigenvalue weighted by molar-refractivity contribution is -0.222. The third-order valence-electron chi connectivity index (χ3n) is 4.34. The average molecular weight is 264 g/mol. The van der Waals surface area contributed by atoms with Crippen molar-refractivity contribution >= 4 is 5.91 Å². The summed E-state index contributed by atoms with van der Waals surface area (Å²) in [4.78, 5) is 13.6. The maximum atomic E-state index is 13.2. The zero-order valence-electron chi connectivity index (χ0n) is 10.7. The highest BCUT2D eigenvalue weighted by atomic mass is 19.4. The number of halogens is 3. The Kier molecular flexibility index (Phi) is 3.34. The normalized spacial score (nSPS) is 30.3. The molecule has 2 unspecified atom stereocenters. The monoisotopic (exact) mass is 264 g/mol. The van der Waals surface area contributed by atoms with Gasteiger partial charge in [0.2, 0.25) is 5.91 Å². The van der Waals surface area contributed by atoms with E-state index in [4.69, 9.17) is 0 Å². The number of hydrogen-bond donors (Lipinski definition) is 1. The van der Waals surface area contributed by atoms with E-state index in [-0.39, 0.29) is 25.6 Å². The molecule has 1 saturated heterocycles. The van der Waals surface area contributed by atoms with Gasteiger partial charge in [0.05, 0.1) is 0 Å². The molecule has 0 aromatic carbocycles. The summed E-state index contributed by atoms with van der Waals surface area (Å²) in [6, 6.07) is -0.0997. The van der Waals surface area contributed by atoms with Gasteiger partial charge in [-0.25, -0.2) is 0 Å². The second-order valence-electron chi connectivity index (χ2n) is 5.50. The number of alkyl halides is 3. The van der Waals surface area contributed by atoms with Gasteiger partial charge in [-0.05, 0) is 38.6 Å². The Morgan fingerprint density at radius 1 is 1.44 bits per heavy atom. The molecule has 2 fully saturated rings. The standard InChI is InChI=1S/C12H19F3N2O/c1-8(9-3-4-9)17(2)10(18)11(12(13,14)15)5-6-16-7-11/h8-9,16H,3-7H2,1-2H3. The molecule has 0 radical (unpaired) electrons. The Hall–Kier alpha value is -0.780. The lowest BCUT2D eigenvalue weighted by Gasteiger charge is -2.36. The topological polar surface area (TPSA) is 32.3 Å². The Balaban J connectivity index is 2.18. The second kappa shape index (κ2) is 4.40. The third-order valence-corrected chi connectivity index (χ3v) is 4.34. The molecule has 6 heteroatoms. The minimum atomic E-state index is -4.48. The van der Waals surface area contributed by atoms with Crippen molar-refractivity contribution in [2.45, 2.75) is 38.4 Å². The van der Waals surface area contributed by atoms with E-state index in [0.717, 1.165) is 12.8 Å². The maximum Gasteiger partial charge on any atom is 0.404 e. The summed E-state index contributed by atoms with van der Waals surface area (Å²) in [5.74, 6) is -0.405. The summed E-state index contributed by atoms with van der Waals surface area (Å²) >= 11 is 0. The van der Waals surface area contributed by atoms with Crippen LogP contribution in [0.15, 0.2) is 0 Å². The van der Waals surface area contributed by atoms with Crippen LogP contribution in [0.1, 0.15) is 26.2 Å². The van der Waals surface area contributed by atoms with Crippen molar-refractivity contribution in [1.29, 1.82) is 0 Å². The Bertz CT molecular complexity index is 333. The summed E-state index contributed by atoms with van der Waals surface area (Å²) in [6.45, 7) is 1.79. The van der Waals surface area contributed by atoms with E-state index in [1.807, 2.05) is 6.92 Å². The second-order valence-corrected chi connectivity index (χ2v) is 5.50. The maximum absolute atomic E-state index is 13.2. The van der Waals surface area contributed by atoms with Crippen LogP contribution in [0.25, 0.3) is 0 Å². The average Bonchev–Trinajstić information content (AvgIpc) is 3.01. The summed E-state index contributed by atoms with van der Waals surface area (Å²) in [5, 5.41) is 2.67. The van der Waals surface area contributed by atoms with Crippen molar-refractivity contribution in [3.63, 3.8) is 0 Å². The molecular weight excluding hydrogens is 245 g/mol. The zero-order valence-corrected chi connectivity index (χ0v) is 10.7. The highest BCUT2D eigenvalue weighted by molar-refractivity contribution is 5.84. The lowest BCUT2D eigenvalue weighted by Crippen LogP contribution is -2.54. The van der Waals surface area contributed by atoms with E-state index in [1.165, 1.54) is 11.9 Å². The van der Waals surface area contributed by atoms with Crippen molar-refractivity contribution in [3.8, 4) is 0 Å². The van der Waals surface area contributed by atoms with Gasteiger partial charge in [0, 0.05) is 19.6 Å². The predicted molar refractivity (Wildman–Crippen MR) is 60.9 cm³/mol. The SMILES string of the molecule is CC(C1CC1)N(C)C(=O)C1(C(F)(F)F)CCNC1. The number of hydrogen-bond acceptors (Lipinski definition) is 2. The van der Waals surface area contributed by atoms with Crippen LogP contribution in [-0.2, 0) is 4.79 Å². The van der Waals surface area contributed by atoms with Crippen LogP contribution >= 0.6 is 0 Å². The molecule has 1 saturated carbocycles. The van der Waals surface area contributed by atoms with Gasteiger partial charge in [0.25, 0.3) is 0 Å². The van der Waals surface area contributed by atoms with Crippen LogP contribution in [0.3, 0.4) is 0 Å². The zero-order chi connectivity index (χ0) is 13.6. The summed E-state index contributed by atoms with van der Waals surface area (Å²) in [5.41, 5.74) is -2.22. The molecule has 2 rings (SSSR count). The fourth-order valence-electron chi connectivity index (χ4n) is 2.66. The highest BCUT2D eigenvalue weighted by Gasteiger charge is 2.62. The van der Waals surface area contributed by atoms with E-state index < -0.39 is 17.5 Å². The number of nitrogens with zero attached hydrogens (tertiary/aromatic N) is 1. The van der Waals surface area contributed by atoms with Crippen LogP contribution in [0, 0.1) is 11.3 Å². The first kappa shape index (κ1) is 13.6. The van der Waals surface area contributed by atoms with E-state index >= 15 is 0 Å². The van der Waals surface area contributed by atoms with Gasteiger partial charge in [0.1, 0.15) is 0 Å². The number of nitrogens with one attached hydrogen (secondary N) is 1. The molecule has 2 aliphatic rings. The highest BCUT2D eigenvalue weighted by Crippen LogP contribution is 2.45. The fourth-order valence-corrected chi connectivity index (χ4v) is 2.66. The van der Waals surface area contributed by atoms with Crippen molar-refractivity contribution in [2.75, 3.05) is 20.1 Å². The minimum absolute atomic E-state index is 0.0997. The smallest absolute Gasteiger partial charge is 0.342 e. The largest absolute Gasteiger partial charge is 0.404 e. The first-order valence-electron chi connectivity index (χ1n) is 6.34. The van der Waals surface area contributed by atoms with Gasteiger partial charge in [0.15, 0.2) is 5.41 Å². The van der Waals surface area contributed by atoms with Crippen LogP contribution in [0.4, 0.5) is 13.2 Å². The molecule has 1 amide bonds. The molecule has 1 aliphatic carbocycles. The lowest BCUT2D eigenvalue weighted by atomic mass is 9.84. The number of amides is 1. The van der Waals surface area contributed by atoms with Gasteiger partial charge in [-0.2, -0.15) is 13.2 Å². The molecule has 0 aromatic heterocycles. The molecule has 0 bridgehead atoms. The molecule has 3 nitrogen and oxygen atoms in total. The quantitative estimate of drug-likeness (QED) is 0.843. The van der Waals surface area contributed by atoms with Crippen LogP contribution < -0.4 is 5.32 Å². The summed E-state index contributed by atoms with van der Waals surface area (Å²) in [7, 11) is 1.50. The Labute approximate surface area is 105 Å². The van der Waals surface area contributed by atoms with Gasteiger partial charge in [-0.15, -0.1) is 0 Å². The third kappa shape index (κ3) is 2.11. The number of carbonyl (C=O) groups is 1. The van der Waals surface area contributed by atoms with Crippen LogP contribution in [-0.4, -0.2) is 43.2 Å². The van der Waals surface area contributed by atoms with E-state index in [2.05, 4.69) is 5.32 Å².